The summed E-state index contributed by atoms with van der Waals surface area (Å²) in [6.07, 6.45) is 8.05. The van der Waals surface area contributed by atoms with Crippen molar-refractivity contribution < 1.29 is 4.39 Å². The van der Waals surface area contributed by atoms with E-state index in [1.807, 2.05) is 18.3 Å². The normalized spacial score (nSPS) is 12.6. The SMILES string of the molecule is CC(Cc1ccnc2nc[nH]c12)Cn1ccnc1-c1cccc(F)c1. The average Bonchev–Trinajstić information content (AvgIpc) is 3.24. The Kier molecular flexibility index (Phi) is 4.01. The molecule has 0 amide bonds. The van der Waals surface area contributed by atoms with Crippen LogP contribution in [-0.4, -0.2) is 24.5 Å². The lowest BCUT2D eigenvalue weighted by atomic mass is 10.0. The quantitative estimate of drug-likeness (QED) is 0.603. The Morgan fingerprint density at radius 2 is 2.08 bits per heavy atom. The van der Waals surface area contributed by atoms with Crippen molar-refractivity contribution in [3.05, 3.63) is 66.6 Å². The fourth-order valence-electron chi connectivity index (χ4n) is 3.19. The maximum Gasteiger partial charge on any atom is 0.177 e. The highest BCUT2D eigenvalue weighted by atomic mass is 19.1. The molecule has 6 heteroatoms. The molecule has 0 radical (unpaired) electrons. The lowest BCUT2D eigenvalue weighted by Gasteiger charge is -2.15. The van der Waals surface area contributed by atoms with Crippen molar-refractivity contribution in [3.8, 4) is 11.4 Å². The van der Waals surface area contributed by atoms with E-state index in [4.69, 9.17) is 0 Å². The van der Waals surface area contributed by atoms with Crippen molar-refractivity contribution in [2.24, 2.45) is 5.92 Å². The summed E-state index contributed by atoms with van der Waals surface area (Å²) in [6.45, 7) is 2.99. The summed E-state index contributed by atoms with van der Waals surface area (Å²) in [5, 5.41) is 0. The number of aromatic nitrogens is 5. The summed E-state index contributed by atoms with van der Waals surface area (Å²) in [4.78, 5) is 16.0. The molecule has 0 aliphatic carbocycles. The van der Waals surface area contributed by atoms with Gasteiger partial charge in [0.15, 0.2) is 5.65 Å². The van der Waals surface area contributed by atoms with E-state index in [2.05, 4.69) is 31.4 Å². The molecule has 0 aliphatic rings. The molecule has 0 fully saturated rings. The summed E-state index contributed by atoms with van der Waals surface area (Å²) < 4.78 is 15.6. The molecule has 25 heavy (non-hydrogen) atoms. The molecule has 4 rings (SSSR count). The van der Waals surface area contributed by atoms with Gasteiger partial charge in [0.2, 0.25) is 0 Å². The number of fused-ring (bicyclic) bond motifs is 1. The number of benzene rings is 1. The van der Waals surface area contributed by atoms with Crippen LogP contribution >= 0.6 is 0 Å². The molecule has 0 spiro atoms. The van der Waals surface area contributed by atoms with E-state index < -0.39 is 0 Å². The highest BCUT2D eigenvalue weighted by Crippen LogP contribution is 2.22. The Labute approximate surface area is 144 Å². The largest absolute Gasteiger partial charge is 0.343 e. The molecular formula is C19H18FN5. The van der Waals surface area contributed by atoms with E-state index in [0.29, 0.717) is 5.92 Å². The maximum atomic E-state index is 13.5. The van der Waals surface area contributed by atoms with Crippen LogP contribution in [-0.2, 0) is 13.0 Å². The van der Waals surface area contributed by atoms with E-state index in [0.717, 1.165) is 35.5 Å². The first-order chi connectivity index (χ1) is 12.2. The molecule has 0 bridgehead atoms. The van der Waals surface area contributed by atoms with Gasteiger partial charge < -0.3 is 9.55 Å². The fraction of sp³-hybridized carbons (Fsp3) is 0.211. The zero-order valence-electron chi connectivity index (χ0n) is 13.9. The third kappa shape index (κ3) is 3.15. The summed E-state index contributed by atoms with van der Waals surface area (Å²) in [7, 11) is 0. The zero-order chi connectivity index (χ0) is 17.2. The van der Waals surface area contributed by atoms with Gasteiger partial charge in [0.25, 0.3) is 0 Å². The van der Waals surface area contributed by atoms with Crippen molar-refractivity contribution in [2.45, 2.75) is 19.9 Å². The van der Waals surface area contributed by atoms with Gasteiger partial charge in [-0.1, -0.05) is 19.1 Å². The number of pyridine rings is 1. The third-order valence-corrected chi connectivity index (χ3v) is 4.29. The predicted molar refractivity (Wildman–Crippen MR) is 94.4 cm³/mol. The van der Waals surface area contributed by atoms with Crippen LogP contribution < -0.4 is 0 Å². The molecule has 0 aliphatic heterocycles. The topological polar surface area (TPSA) is 59.4 Å². The maximum absolute atomic E-state index is 13.5. The second-order valence-electron chi connectivity index (χ2n) is 6.29. The molecule has 0 saturated carbocycles. The number of imidazole rings is 2. The van der Waals surface area contributed by atoms with E-state index in [1.165, 1.54) is 17.7 Å². The van der Waals surface area contributed by atoms with Gasteiger partial charge in [-0.2, -0.15) is 0 Å². The molecule has 1 atom stereocenters. The summed E-state index contributed by atoms with van der Waals surface area (Å²) in [6, 6.07) is 8.57. The first-order valence-corrected chi connectivity index (χ1v) is 8.25. The number of H-pyrrole nitrogens is 1. The van der Waals surface area contributed by atoms with Gasteiger partial charge in [-0.15, -0.1) is 0 Å². The van der Waals surface area contributed by atoms with Crippen LogP contribution in [0.15, 0.2) is 55.2 Å². The van der Waals surface area contributed by atoms with Crippen LogP contribution in [0.5, 0.6) is 0 Å². The Bertz CT molecular complexity index is 1000. The molecule has 126 valence electrons. The fourth-order valence-corrected chi connectivity index (χ4v) is 3.19. The smallest absolute Gasteiger partial charge is 0.177 e. The van der Waals surface area contributed by atoms with E-state index in [-0.39, 0.29) is 5.82 Å². The van der Waals surface area contributed by atoms with Crippen LogP contribution in [0.1, 0.15) is 12.5 Å². The lowest BCUT2D eigenvalue weighted by molar-refractivity contribution is 0.483. The van der Waals surface area contributed by atoms with Gasteiger partial charge in [0.1, 0.15) is 11.6 Å². The van der Waals surface area contributed by atoms with Crippen LogP contribution in [0.4, 0.5) is 4.39 Å². The molecule has 4 aromatic rings. The molecule has 0 saturated heterocycles. The number of halogens is 1. The summed E-state index contributed by atoms with van der Waals surface area (Å²) >= 11 is 0. The van der Waals surface area contributed by atoms with Crippen LogP contribution in [0.2, 0.25) is 0 Å². The van der Waals surface area contributed by atoms with Crippen LogP contribution in [0.3, 0.4) is 0 Å². The number of aromatic amines is 1. The van der Waals surface area contributed by atoms with Crippen molar-refractivity contribution in [1.29, 1.82) is 0 Å². The van der Waals surface area contributed by atoms with Crippen molar-refractivity contribution in [2.75, 3.05) is 0 Å². The Morgan fingerprint density at radius 1 is 1.16 bits per heavy atom. The number of nitrogens with one attached hydrogen (secondary N) is 1. The first kappa shape index (κ1) is 15.5. The molecule has 3 heterocycles. The number of nitrogens with zero attached hydrogens (tertiary/aromatic N) is 4. The van der Waals surface area contributed by atoms with Gasteiger partial charge in [0, 0.05) is 30.7 Å². The van der Waals surface area contributed by atoms with Gasteiger partial charge in [0.05, 0.1) is 11.8 Å². The second kappa shape index (κ2) is 6.47. The Hall–Kier alpha value is -3.02. The highest BCUT2D eigenvalue weighted by Gasteiger charge is 2.13. The van der Waals surface area contributed by atoms with Crippen LogP contribution in [0.25, 0.3) is 22.6 Å². The van der Waals surface area contributed by atoms with E-state index in [1.54, 1.807) is 24.8 Å². The number of rotatable bonds is 5. The minimum atomic E-state index is -0.251. The molecule has 3 aromatic heterocycles. The minimum absolute atomic E-state index is 0.251. The summed E-state index contributed by atoms with van der Waals surface area (Å²) in [5.41, 5.74) is 3.72. The molecule has 1 aromatic carbocycles. The van der Waals surface area contributed by atoms with Gasteiger partial charge in [-0.05, 0) is 36.1 Å². The molecule has 1 N–H and O–H groups in total. The highest BCUT2D eigenvalue weighted by molar-refractivity contribution is 5.73. The van der Waals surface area contributed by atoms with Gasteiger partial charge in [-0.25, -0.2) is 19.3 Å². The minimum Gasteiger partial charge on any atom is -0.343 e. The van der Waals surface area contributed by atoms with Crippen molar-refractivity contribution >= 4 is 11.2 Å². The van der Waals surface area contributed by atoms with Crippen molar-refractivity contribution in [3.63, 3.8) is 0 Å². The third-order valence-electron chi connectivity index (χ3n) is 4.29. The molecule has 5 nitrogen and oxygen atoms in total. The van der Waals surface area contributed by atoms with Crippen molar-refractivity contribution in [1.82, 2.24) is 24.5 Å². The standard InChI is InChI=1S/C19H18FN5/c1-13(9-14-5-6-21-18-17(14)23-12-24-18)11-25-8-7-22-19(25)15-3-2-4-16(20)10-15/h2-8,10,12-13H,9,11H2,1H3,(H,21,23,24). The monoisotopic (exact) mass is 335 g/mol. The van der Waals surface area contributed by atoms with E-state index in [9.17, 15) is 4.39 Å². The first-order valence-electron chi connectivity index (χ1n) is 8.25. The number of hydrogen-bond acceptors (Lipinski definition) is 3. The lowest BCUT2D eigenvalue weighted by Crippen LogP contribution is -2.11. The zero-order valence-corrected chi connectivity index (χ0v) is 13.9. The predicted octanol–water partition coefficient (Wildman–Crippen LogP) is 3.84. The molecular weight excluding hydrogens is 317 g/mol. The second-order valence-corrected chi connectivity index (χ2v) is 6.29. The average molecular weight is 335 g/mol. The number of hydrogen-bond donors (Lipinski definition) is 1. The summed E-state index contributed by atoms with van der Waals surface area (Å²) in [5.74, 6) is 0.904. The molecule has 1 unspecified atom stereocenters. The van der Waals surface area contributed by atoms with Gasteiger partial charge >= 0.3 is 0 Å². The Morgan fingerprint density at radius 3 is 2.96 bits per heavy atom. The Balaban J connectivity index is 1.55. The van der Waals surface area contributed by atoms with Gasteiger partial charge in [-0.3, -0.25) is 0 Å². The van der Waals surface area contributed by atoms with E-state index >= 15 is 0 Å². The van der Waals surface area contributed by atoms with Crippen LogP contribution in [0, 0.1) is 11.7 Å².